The lowest BCUT2D eigenvalue weighted by molar-refractivity contribution is -0.138. The number of nitrogens with zero attached hydrogens (tertiary/aromatic N) is 1. The number of hydrogen-bond donors (Lipinski definition) is 0. The van der Waals surface area contributed by atoms with Crippen LogP contribution in [0.2, 0.25) is 0 Å². The van der Waals surface area contributed by atoms with Gasteiger partial charge in [-0.3, -0.25) is 4.79 Å². The van der Waals surface area contributed by atoms with Crippen LogP contribution < -0.4 is 0 Å². The molecule has 0 atom stereocenters. The predicted octanol–water partition coefficient (Wildman–Crippen LogP) is 2.70. The molecule has 0 saturated carbocycles. The van der Waals surface area contributed by atoms with Gasteiger partial charge in [-0.2, -0.15) is 0 Å². The molecular weight excluding hydrogens is 306 g/mol. The van der Waals surface area contributed by atoms with Crippen LogP contribution in [-0.2, 0) is 19.1 Å². The number of aryl methyl sites for hydroxylation is 1. The maximum Gasteiger partial charge on any atom is 0.340 e. The van der Waals surface area contributed by atoms with Crippen molar-refractivity contribution < 1.29 is 19.1 Å². The fraction of sp³-hybridized carbons (Fsp3) is 0.368. The van der Waals surface area contributed by atoms with E-state index in [-0.39, 0.29) is 12.5 Å². The first-order valence-corrected chi connectivity index (χ1v) is 7.97. The van der Waals surface area contributed by atoms with Crippen LogP contribution in [0.1, 0.15) is 25.0 Å². The van der Waals surface area contributed by atoms with Gasteiger partial charge in [0, 0.05) is 19.4 Å². The Hall–Kier alpha value is -2.40. The van der Waals surface area contributed by atoms with E-state index in [9.17, 15) is 9.59 Å². The Bertz CT molecular complexity index is 686. The zero-order chi connectivity index (χ0) is 17.7. The van der Waals surface area contributed by atoms with Gasteiger partial charge in [-0.05, 0) is 32.4 Å². The van der Waals surface area contributed by atoms with Crippen LogP contribution in [0.25, 0.3) is 6.08 Å². The topological polar surface area (TPSA) is 55.8 Å². The molecule has 1 heterocycles. The van der Waals surface area contributed by atoms with Crippen molar-refractivity contribution >= 4 is 18.0 Å². The summed E-state index contributed by atoms with van der Waals surface area (Å²) in [7, 11) is 1.58. The summed E-state index contributed by atoms with van der Waals surface area (Å²) in [4.78, 5) is 26.7. The summed E-state index contributed by atoms with van der Waals surface area (Å²) in [5, 5.41) is 0. The van der Waals surface area contributed by atoms with Gasteiger partial charge >= 0.3 is 5.97 Å². The largest absolute Gasteiger partial charge is 0.462 e. The zero-order valence-electron chi connectivity index (χ0n) is 14.6. The highest BCUT2D eigenvalue weighted by molar-refractivity contribution is 6.16. The number of carbonyl (C=O) groups is 2. The van der Waals surface area contributed by atoms with Crippen LogP contribution in [0, 0.1) is 6.92 Å². The standard InChI is InChI=1S/C19H23NO4/c1-5-24-19(22)17-14(3)20(10-11-23-4)18(21)16(17)12-15-8-6-13(2)7-9-15/h6-9,12H,5,10-11H2,1-4H3/b16-12-. The van der Waals surface area contributed by atoms with Gasteiger partial charge in [0.1, 0.15) is 0 Å². The van der Waals surface area contributed by atoms with Crippen molar-refractivity contribution in [3.05, 3.63) is 52.2 Å². The SMILES string of the molecule is CCOC(=O)C1=C(C)N(CCOC)C(=O)/C1=C\c1ccc(C)cc1. The molecule has 1 aromatic carbocycles. The molecule has 1 aromatic rings. The summed E-state index contributed by atoms with van der Waals surface area (Å²) in [6.07, 6.45) is 1.74. The summed E-state index contributed by atoms with van der Waals surface area (Å²) in [5.74, 6) is -0.671. The van der Waals surface area contributed by atoms with E-state index in [0.29, 0.717) is 30.0 Å². The van der Waals surface area contributed by atoms with Crippen LogP contribution in [0.5, 0.6) is 0 Å². The molecular formula is C19H23NO4. The molecule has 24 heavy (non-hydrogen) atoms. The molecule has 0 N–H and O–H groups in total. The van der Waals surface area contributed by atoms with Crippen molar-refractivity contribution in [2.75, 3.05) is 26.9 Å². The Morgan fingerprint density at radius 2 is 1.88 bits per heavy atom. The lowest BCUT2D eigenvalue weighted by Crippen LogP contribution is -2.28. The number of ether oxygens (including phenoxy) is 2. The van der Waals surface area contributed by atoms with Gasteiger partial charge in [0.15, 0.2) is 0 Å². The predicted molar refractivity (Wildman–Crippen MR) is 92.1 cm³/mol. The molecule has 5 heteroatoms. The highest BCUT2D eigenvalue weighted by Crippen LogP contribution is 2.31. The average molecular weight is 329 g/mol. The molecule has 0 unspecified atom stereocenters. The van der Waals surface area contributed by atoms with E-state index in [1.165, 1.54) is 0 Å². The molecule has 0 saturated heterocycles. The molecule has 0 radical (unpaired) electrons. The second-order valence-electron chi connectivity index (χ2n) is 5.60. The highest BCUT2D eigenvalue weighted by Gasteiger charge is 2.36. The number of esters is 1. The lowest BCUT2D eigenvalue weighted by Gasteiger charge is -2.16. The van der Waals surface area contributed by atoms with Crippen LogP contribution in [-0.4, -0.2) is 43.6 Å². The quantitative estimate of drug-likeness (QED) is 0.595. The van der Waals surface area contributed by atoms with Gasteiger partial charge in [-0.15, -0.1) is 0 Å². The third-order valence-corrected chi connectivity index (χ3v) is 3.90. The molecule has 0 aliphatic carbocycles. The third-order valence-electron chi connectivity index (χ3n) is 3.90. The first kappa shape index (κ1) is 17.9. The summed E-state index contributed by atoms with van der Waals surface area (Å²) < 4.78 is 10.2. The molecule has 128 valence electrons. The van der Waals surface area contributed by atoms with Crippen LogP contribution in [0.15, 0.2) is 41.1 Å². The first-order valence-electron chi connectivity index (χ1n) is 7.97. The van der Waals surface area contributed by atoms with E-state index >= 15 is 0 Å². The normalized spacial score (nSPS) is 16.2. The van der Waals surface area contributed by atoms with Crippen molar-refractivity contribution in [1.82, 2.24) is 4.90 Å². The van der Waals surface area contributed by atoms with Gasteiger partial charge in [0.25, 0.3) is 5.91 Å². The lowest BCUT2D eigenvalue weighted by atomic mass is 10.0. The number of rotatable bonds is 6. The van der Waals surface area contributed by atoms with Crippen LogP contribution in [0.4, 0.5) is 0 Å². The first-order chi connectivity index (χ1) is 11.5. The summed E-state index contributed by atoms with van der Waals surface area (Å²) in [5.41, 5.74) is 3.30. The van der Waals surface area contributed by atoms with E-state index in [1.54, 1.807) is 31.9 Å². The monoisotopic (exact) mass is 329 g/mol. The molecule has 1 amide bonds. The van der Waals surface area contributed by atoms with Gasteiger partial charge in [-0.25, -0.2) is 4.79 Å². The maximum absolute atomic E-state index is 12.8. The number of carbonyl (C=O) groups excluding carboxylic acids is 2. The third kappa shape index (κ3) is 3.74. The van der Waals surface area contributed by atoms with Crippen molar-refractivity contribution in [3.8, 4) is 0 Å². The second kappa shape index (κ2) is 7.93. The molecule has 0 fully saturated rings. The Kier molecular flexibility index (Phi) is 5.93. The number of hydrogen-bond acceptors (Lipinski definition) is 4. The van der Waals surface area contributed by atoms with Crippen molar-refractivity contribution in [2.24, 2.45) is 0 Å². The number of allylic oxidation sites excluding steroid dienone is 1. The van der Waals surface area contributed by atoms with Crippen molar-refractivity contribution in [3.63, 3.8) is 0 Å². The molecule has 1 aliphatic rings. The smallest absolute Gasteiger partial charge is 0.340 e. The Morgan fingerprint density at radius 3 is 2.46 bits per heavy atom. The molecule has 1 aliphatic heterocycles. The van der Waals surface area contributed by atoms with Gasteiger partial charge in [-0.1, -0.05) is 29.8 Å². The fourth-order valence-electron chi connectivity index (χ4n) is 2.61. The second-order valence-corrected chi connectivity index (χ2v) is 5.60. The minimum atomic E-state index is -0.471. The van der Waals surface area contributed by atoms with E-state index in [0.717, 1.165) is 11.1 Å². The van der Waals surface area contributed by atoms with E-state index in [1.807, 2.05) is 31.2 Å². The summed E-state index contributed by atoms with van der Waals surface area (Å²) >= 11 is 0. The minimum absolute atomic E-state index is 0.201. The minimum Gasteiger partial charge on any atom is -0.462 e. The molecule has 0 spiro atoms. The van der Waals surface area contributed by atoms with E-state index in [4.69, 9.17) is 9.47 Å². The van der Waals surface area contributed by atoms with Gasteiger partial charge in [0.05, 0.1) is 24.4 Å². The molecule has 0 aromatic heterocycles. The molecule has 5 nitrogen and oxygen atoms in total. The summed E-state index contributed by atoms with van der Waals surface area (Å²) in [6.45, 7) is 6.57. The summed E-state index contributed by atoms with van der Waals surface area (Å²) in [6, 6.07) is 7.78. The highest BCUT2D eigenvalue weighted by atomic mass is 16.5. The Labute approximate surface area is 142 Å². The van der Waals surface area contributed by atoms with E-state index in [2.05, 4.69) is 0 Å². The van der Waals surface area contributed by atoms with Crippen molar-refractivity contribution in [2.45, 2.75) is 20.8 Å². The van der Waals surface area contributed by atoms with Crippen LogP contribution >= 0.6 is 0 Å². The fourth-order valence-corrected chi connectivity index (χ4v) is 2.61. The molecule has 0 bridgehead atoms. The number of methoxy groups -OCH3 is 1. The van der Waals surface area contributed by atoms with Gasteiger partial charge < -0.3 is 14.4 Å². The Morgan fingerprint density at radius 1 is 1.21 bits per heavy atom. The van der Waals surface area contributed by atoms with Gasteiger partial charge in [0.2, 0.25) is 0 Å². The maximum atomic E-state index is 12.8. The Balaban J connectivity index is 2.44. The zero-order valence-corrected chi connectivity index (χ0v) is 14.6. The molecule has 2 rings (SSSR count). The van der Waals surface area contributed by atoms with E-state index < -0.39 is 5.97 Å². The van der Waals surface area contributed by atoms with Crippen LogP contribution in [0.3, 0.4) is 0 Å². The number of benzene rings is 1. The van der Waals surface area contributed by atoms with Crippen molar-refractivity contribution in [1.29, 1.82) is 0 Å². The number of amides is 1. The average Bonchev–Trinajstić information content (AvgIpc) is 2.78.